The number of benzene rings is 1. The molecule has 1 aliphatic carbocycles. The van der Waals surface area contributed by atoms with E-state index in [1.807, 2.05) is 0 Å². The Labute approximate surface area is 127 Å². The molecular weight excluding hydrogens is 294 g/mol. The van der Waals surface area contributed by atoms with Gasteiger partial charge in [-0.2, -0.15) is 0 Å². The molecule has 114 valence electrons. The van der Waals surface area contributed by atoms with Crippen LogP contribution in [0.25, 0.3) is 0 Å². The SMILES string of the molecule is O=C(NCCCO)Nc1ccc(Cl)c(C(=O)NC2CC2)c1. The average molecular weight is 312 g/mol. The van der Waals surface area contributed by atoms with Crippen molar-refractivity contribution in [2.24, 2.45) is 0 Å². The maximum absolute atomic E-state index is 12.0. The summed E-state index contributed by atoms with van der Waals surface area (Å²) in [7, 11) is 0. The third kappa shape index (κ3) is 4.91. The normalized spacial score (nSPS) is 13.6. The smallest absolute Gasteiger partial charge is 0.319 e. The van der Waals surface area contributed by atoms with E-state index in [1.54, 1.807) is 18.2 Å². The Kier molecular flexibility index (Phi) is 5.41. The first-order valence-electron chi connectivity index (χ1n) is 6.86. The van der Waals surface area contributed by atoms with Gasteiger partial charge in [-0.25, -0.2) is 4.79 Å². The highest BCUT2D eigenvalue weighted by Crippen LogP contribution is 2.23. The fourth-order valence-electron chi connectivity index (χ4n) is 1.72. The lowest BCUT2D eigenvalue weighted by Gasteiger charge is -2.10. The third-order valence-corrected chi connectivity index (χ3v) is 3.33. The molecular formula is C14H18ClN3O3. The molecule has 0 aliphatic heterocycles. The molecule has 1 aliphatic rings. The van der Waals surface area contributed by atoms with E-state index in [4.69, 9.17) is 16.7 Å². The molecule has 0 radical (unpaired) electrons. The number of halogens is 1. The molecule has 21 heavy (non-hydrogen) atoms. The van der Waals surface area contributed by atoms with Crippen LogP contribution in [0.15, 0.2) is 18.2 Å². The highest BCUT2D eigenvalue weighted by molar-refractivity contribution is 6.34. The Morgan fingerprint density at radius 3 is 2.76 bits per heavy atom. The van der Waals surface area contributed by atoms with Crippen molar-refractivity contribution in [1.29, 1.82) is 0 Å². The summed E-state index contributed by atoms with van der Waals surface area (Å²) < 4.78 is 0. The molecule has 0 heterocycles. The summed E-state index contributed by atoms with van der Waals surface area (Å²) in [6.07, 6.45) is 2.48. The molecule has 0 aromatic heterocycles. The number of amides is 3. The van der Waals surface area contributed by atoms with Gasteiger partial charge in [0.15, 0.2) is 0 Å². The molecule has 0 spiro atoms. The Morgan fingerprint density at radius 2 is 2.10 bits per heavy atom. The van der Waals surface area contributed by atoms with Crippen LogP contribution in [0, 0.1) is 0 Å². The molecule has 4 N–H and O–H groups in total. The highest BCUT2D eigenvalue weighted by Gasteiger charge is 2.24. The summed E-state index contributed by atoms with van der Waals surface area (Å²) >= 11 is 6.02. The van der Waals surface area contributed by atoms with Crippen LogP contribution >= 0.6 is 11.6 Å². The second-order valence-electron chi connectivity index (χ2n) is 4.90. The quantitative estimate of drug-likeness (QED) is 0.603. The fraction of sp³-hybridized carbons (Fsp3) is 0.429. The van der Waals surface area contributed by atoms with Crippen molar-refractivity contribution >= 4 is 29.2 Å². The van der Waals surface area contributed by atoms with Crippen LogP contribution in [0.2, 0.25) is 5.02 Å². The van der Waals surface area contributed by atoms with E-state index in [-0.39, 0.29) is 24.6 Å². The van der Waals surface area contributed by atoms with E-state index in [0.29, 0.717) is 29.2 Å². The van der Waals surface area contributed by atoms with Crippen molar-refractivity contribution in [2.45, 2.75) is 25.3 Å². The van der Waals surface area contributed by atoms with Crippen LogP contribution in [0.4, 0.5) is 10.5 Å². The third-order valence-electron chi connectivity index (χ3n) is 3.00. The zero-order chi connectivity index (χ0) is 15.2. The van der Waals surface area contributed by atoms with Gasteiger partial charge in [0.05, 0.1) is 10.6 Å². The minimum absolute atomic E-state index is 0.0205. The van der Waals surface area contributed by atoms with Gasteiger partial charge in [0.2, 0.25) is 0 Å². The van der Waals surface area contributed by atoms with Crippen molar-refractivity contribution in [3.63, 3.8) is 0 Å². The van der Waals surface area contributed by atoms with Crippen molar-refractivity contribution in [2.75, 3.05) is 18.5 Å². The predicted molar refractivity (Wildman–Crippen MR) is 80.7 cm³/mol. The topological polar surface area (TPSA) is 90.5 Å². The number of carbonyl (C=O) groups is 2. The number of hydrogen-bond donors (Lipinski definition) is 4. The largest absolute Gasteiger partial charge is 0.396 e. The van der Waals surface area contributed by atoms with Gasteiger partial charge in [-0.05, 0) is 37.5 Å². The molecule has 0 atom stereocenters. The number of hydrogen-bond acceptors (Lipinski definition) is 3. The number of carbonyl (C=O) groups excluding carboxylic acids is 2. The number of rotatable bonds is 6. The second-order valence-corrected chi connectivity index (χ2v) is 5.31. The van der Waals surface area contributed by atoms with Gasteiger partial charge in [0.1, 0.15) is 0 Å². The van der Waals surface area contributed by atoms with Gasteiger partial charge in [0, 0.05) is 24.9 Å². The van der Waals surface area contributed by atoms with E-state index in [0.717, 1.165) is 12.8 Å². The molecule has 6 nitrogen and oxygen atoms in total. The van der Waals surface area contributed by atoms with E-state index in [1.165, 1.54) is 0 Å². The molecule has 3 amide bonds. The van der Waals surface area contributed by atoms with Crippen LogP contribution < -0.4 is 16.0 Å². The molecule has 1 aromatic rings. The summed E-state index contributed by atoms with van der Waals surface area (Å²) in [6, 6.07) is 4.60. The molecule has 7 heteroatoms. The predicted octanol–water partition coefficient (Wildman–Crippen LogP) is 1.74. The summed E-state index contributed by atoms with van der Waals surface area (Å²) in [5.41, 5.74) is 0.832. The van der Waals surface area contributed by atoms with Crippen LogP contribution in [0.5, 0.6) is 0 Å². The first-order chi connectivity index (χ1) is 10.1. The van der Waals surface area contributed by atoms with E-state index in [2.05, 4.69) is 16.0 Å². The Bertz CT molecular complexity index is 532. The first kappa shape index (κ1) is 15.6. The standard InChI is InChI=1S/C14H18ClN3O3/c15-12-5-4-10(18-14(21)16-6-1-7-19)8-11(12)13(20)17-9-2-3-9/h4-5,8-9,19H,1-3,6-7H2,(H,17,20)(H2,16,18,21). The van der Waals surface area contributed by atoms with Gasteiger partial charge in [0.25, 0.3) is 5.91 Å². The van der Waals surface area contributed by atoms with E-state index >= 15 is 0 Å². The van der Waals surface area contributed by atoms with Crippen LogP contribution in [-0.2, 0) is 0 Å². The molecule has 1 saturated carbocycles. The van der Waals surface area contributed by atoms with Crippen molar-refractivity contribution in [3.8, 4) is 0 Å². The van der Waals surface area contributed by atoms with Gasteiger partial charge < -0.3 is 21.1 Å². The Balaban J connectivity index is 1.96. The maximum Gasteiger partial charge on any atom is 0.319 e. The molecule has 1 aromatic carbocycles. The van der Waals surface area contributed by atoms with E-state index in [9.17, 15) is 9.59 Å². The lowest BCUT2D eigenvalue weighted by Crippen LogP contribution is -2.30. The summed E-state index contributed by atoms with van der Waals surface area (Å²) in [5, 5.41) is 17.1. The molecule has 0 unspecified atom stereocenters. The summed E-state index contributed by atoms with van der Waals surface area (Å²) in [4.78, 5) is 23.6. The number of aliphatic hydroxyl groups is 1. The minimum Gasteiger partial charge on any atom is -0.396 e. The van der Waals surface area contributed by atoms with Crippen LogP contribution in [0.3, 0.4) is 0 Å². The van der Waals surface area contributed by atoms with Crippen molar-refractivity contribution < 1.29 is 14.7 Å². The Morgan fingerprint density at radius 1 is 1.33 bits per heavy atom. The zero-order valence-electron chi connectivity index (χ0n) is 11.5. The van der Waals surface area contributed by atoms with Crippen molar-refractivity contribution in [1.82, 2.24) is 10.6 Å². The van der Waals surface area contributed by atoms with Crippen LogP contribution in [-0.4, -0.2) is 36.2 Å². The molecule has 1 fully saturated rings. The van der Waals surface area contributed by atoms with Gasteiger partial charge >= 0.3 is 6.03 Å². The number of anilines is 1. The van der Waals surface area contributed by atoms with Gasteiger partial charge in [-0.3, -0.25) is 4.79 Å². The van der Waals surface area contributed by atoms with Crippen LogP contribution in [0.1, 0.15) is 29.6 Å². The lowest BCUT2D eigenvalue weighted by molar-refractivity contribution is 0.0951. The Hall–Kier alpha value is -1.79. The fourth-order valence-corrected chi connectivity index (χ4v) is 1.93. The second kappa shape index (κ2) is 7.28. The van der Waals surface area contributed by atoms with Crippen molar-refractivity contribution in [3.05, 3.63) is 28.8 Å². The summed E-state index contributed by atoms with van der Waals surface area (Å²) in [6.45, 7) is 0.400. The molecule has 0 bridgehead atoms. The maximum atomic E-state index is 12.0. The highest BCUT2D eigenvalue weighted by atomic mass is 35.5. The monoisotopic (exact) mass is 311 g/mol. The van der Waals surface area contributed by atoms with E-state index < -0.39 is 0 Å². The average Bonchev–Trinajstić information content (AvgIpc) is 3.25. The number of aliphatic hydroxyl groups excluding tert-OH is 1. The molecule has 2 rings (SSSR count). The molecule has 0 saturated heterocycles. The van der Waals surface area contributed by atoms with Gasteiger partial charge in [-0.15, -0.1) is 0 Å². The number of nitrogens with one attached hydrogen (secondary N) is 3. The van der Waals surface area contributed by atoms with Gasteiger partial charge in [-0.1, -0.05) is 11.6 Å². The first-order valence-corrected chi connectivity index (χ1v) is 7.24. The minimum atomic E-state index is -0.390. The lowest BCUT2D eigenvalue weighted by atomic mass is 10.2. The zero-order valence-corrected chi connectivity index (χ0v) is 12.2. The summed E-state index contributed by atoms with van der Waals surface area (Å²) in [5.74, 6) is -0.230. The number of urea groups is 1.